The summed E-state index contributed by atoms with van der Waals surface area (Å²) in [6.45, 7) is 23.8. The molecule has 0 radical (unpaired) electrons. The third kappa shape index (κ3) is 13.1. The summed E-state index contributed by atoms with van der Waals surface area (Å²) in [6, 6.07) is 0. The van der Waals surface area contributed by atoms with Crippen molar-refractivity contribution in [3.05, 3.63) is 119 Å². The molecule has 2 rings (SSSR count). The maximum Gasteiger partial charge on any atom is 0.302 e. The molecule has 0 bridgehead atoms. The molecular weight excluding hydrogens is 608 g/mol. The minimum absolute atomic E-state index is 0.0479. The molecule has 0 unspecified atom stereocenters. The zero-order chi connectivity index (χ0) is 37.0. The highest BCUT2D eigenvalue weighted by atomic mass is 16.5. The predicted octanol–water partition coefficient (Wildman–Crippen LogP) is 10.9. The lowest BCUT2D eigenvalue weighted by Crippen LogP contribution is -2.36. The standard InChI is InChI=1S/C44H60O5/c1-31(19-15-21-33(3)23-25-40-35(5)27-38(48-36(6)45)28-42(40,8)9)17-13-14-18-32(2)20-16-22-34(4)24-26-41(47)44(12)30-39(49-37(7)46)29-43(44,10)11/h13-26,38-39H,27-30H2,1-12H3/b14-13+,19-15+,20-16+,25-23+,26-24+,31-17+,32-18+,33-21+,34-22+/t38-,39+,44+/m1/s1. The zero-order valence-corrected chi connectivity index (χ0v) is 32.1. The average molecular weight is 669 g/mol. The molecule has 2 aliphatic rings. The smallest absolute Gasteiger partial charge is 0.302 e. The molecule has 0 N–H and O–H groups in total. The number of hydrogen-bond acceptors (Lipinski definition) is 5. The molecule has 5 nitrogen and oxygen atoms in total. The Hall–Kier alpha value is -3.99. The van der Waals surface area contributed by atoms with Crippen molar-refractivity contribution >= 4 is 17.7 Å². The van der Waals surface area contributed by atoms with Gasteiger partial charge in [0, 0.05) is 25.7 Å². The van der Waals surface area contributed by atoms with Crippen molar-refractivity contribution in [1.29, 1.82) is 0 Å². The van der Waals surface area contributed by atoms with E-state index in [4.69, 9.17) is 9.47 Å². The second kappa shape index (κ2) is 18.1. The Balaban J connectivity index is 1.91. The van der Waals surface area contributed by atoms with Crippen LogP contribution in [0.15, 0.2) is 119 Å². The van der Waals surface area contributed by atoms with Crippen LogP contribution < -0.4 is 0 Å². The maximum absolute atomic E-state index is 13.2. The zero-order valence-electron chi connectivity index (χ0n) is 32.1. The number of ether oxygens (including phenoxy) is 2. The van der Waals surface area contributed by atoms with Crippen LogP contribution in [0.2, 0.25) is 0 Å². The van der Waals surface area contributed by atoms with Crippen molar-refractivity contribution in [2.45, 2.75) is 121 Å². The normalized spacial score (nSPS) is 25.5. The van der Waals surface area contributed by atoms with Crippen LogP contribution >= 0.6 is 0 Å². The molecule has 266 valence electrons. The van der Waals surface area contributed by atoms with E-state index in [9.17, 15) is 14.4 Å². The lowest BCUT2D eigenvalue weighted by molar-refractivity contribution is -0.148. The number of ketones is 1. The fourth-order valence-electron chi connectivity index (χ4n) is 6.76. The molecule has 2 aliphatic carbocycles. The largest absolute Gasteiger partial charge is 0.463 e. The van der Waals surface area contributed by atoms with Gasteiger partial charge in [-0.2, -0.15) is 0 Å². The van der Waals surface area contributed by atoms with Crippen LogP contribution in [0.4, 0.5) is 0 Å². The molecule has 1 fully saturated rings. The Morgan fingerprint density at radius 3 is 1.57 bits per heavy atom. The fraction of sp³-hybridized carbons (Fsp3) is 0.477. The van der Waals surface area contributed by atoms with Crippen LogP contribution in [0.25, 0.3) is 0 Å². The molecule has 0 amide bonds. The summed E-state index contributed by atoms with van der Waals surface area (Å²) in [7, 11) is 0. The van der Waals surface area contributed by atoms with Gasteiger partial charge in [-0.05, 0) is 76.4 Å². The van der Waals surface area contributed by atoms with Gasteiger partial charge >= 0.3 is 11.9 Å². The Kier molecular flexibility index (Phi) is 15.2. The van der Waals surface area contributed by atoms with Gasteiger partial charge in [0.25, 0.3) is 0 Å². The summed E-state index contributed by atoms with van der Waals surface area (Å²) in [5.41, 5.74) is 6.10. The van der Waals surface area contributed by atoms with Crippen LogP contribution in [0.5, 0.6) is 0 Å². The number of carbonyl (C=O) groups is 3. The molecule has 0 aromatic rings. The summed E-state index contributed by atoms with van der Waals surface area (Å²) >= 11 is 0. The Morgan fingerprint density at radius 2 is 1.06 bits per heavy atom. The Labute approximate surface area is 296 Å². The van der Waals surface area contributed by atoms with Crippen LogP contribution in [0.1, 0.15) is 109 Å². The third-order valence-electron chi connectivity index (χ3n) is 9.81. The van der Waals surface area contributed by atoms with Gasteiger partial charge in [-0.25, -0.2) is 0 Å². The van der Waals surface area contributed by atoms with E-state index in [-0.39, 0.29) is 40.8 Å². The maximum atomic E-state index is 13.2. The molecule has 5 heteroatoms. The molecule has 49 heavy (non-hydrogen) atoms. The highest BCUT2D eigenvalue weighted by Gasteiger charge is 2.54. The van der Waals surface area contributed by atoms with Crippen molar-refractivity contribution in [3.63, 3.8) is 0 Å². The minimum atomic E-state index is -0.578. The predicted molar refractivity (Wildman–Crippen MR) is 204 cm³/mol. The van der Waals surface area contributed by atoms with E-state index in [1.807, 2.05) is 57.2 Å². The summed E-state index contributed by atoms with van der Waals surface area (Å²) < 4.78 is 10.9. The topological polar surface area (TPSA) is 69.7 Å². The minimum Gasteiger partial charge on any atom is -0.463 e. The van der Waals surface area contributed by atoms with Gasteiger partial charge in [-0.15, -0.1) is 0 Å². The first kappa shape index (κ1) is 41.2. The number of esters is 2. The SMILES string of the molecule is CC(=O)O[C@@H]1CC(C)=C(/C=C/C(C)=C/C=C/C(C)=C/C=C/C=C(C)/C=C/C=C(C)/C=C/C(=O)[C@]2(C)C[C@@H](OC(C)=O)CC2(C)C)C(C)(C)C1. The fourth-order valence-corrected chi connectivity index (χ4v) is 6.76. The van der Waals surface area contributed by atoms with E-state index in [0.29, 0.717) is 12.8 Å². The Bertz CT molecular complexity index is 1540. The highest BCUT2D eigenvalue weighted by Crippen LogP contribution is 2.54. The molecule has 0 heterocycles. The van der Waals surface area contributed by atoms with E-state index in [2.05, 4.69) is 91.0 Å². The number of carbonyl (C=O) groups excluding carboxylic acids is 3. The second-order valence-corrected chi connectivity index (χ2v) is 15.4. The first-order valence-electron chi connectivity index (χ1n) is 17.4. The third-order valence-corrected chi connectivity index (χ3v) is 9.81. The lowest BCUT2D eigenvalue weighted by Gasteiger charge is -2.37. The average Bonchev–Trinajstić information content (AvgIpc) is 3.19. The molecule has 3 atom stereocenters. The van der Waals surface area contributed by atoms with Crippen LogP contribution in [-0.4, -0.2) is 29.9 Å². The summed E-state index contributed by atoms with van der Waals surface area (Å²) in [6.07, 6.45) is 30.9. The molecule has 0 saturated heterocycles. The molecule has 1 saturated carbocycles. The van der Waals surface area contributed by atoms with Gasteiger partial charge < -0.3 is 9.47 Å². The van der Waals surface area contributed by atoms with E-state index < -0.39 is 5.41 Å². The van der Waals surface area contributed by atoms with Crippen molar-refractivity contribution in [1.82, 2.24) is 0 Å². The molecule has 0 aromatic carbocycles. The summed E-state index contributed by atoms with van der Waals surface area (Å²) in [4.78, 5) is 36.1. The first-order chi connectivity index (χ1) is 22.8. The molecule has 0 aliphatic heterocycles. The molecule has 0 aromatic heterocycles. The van der Waals surface area contributed by atoms with Gasteiger partial charge in [-0.3, -0.25) is 14.4 Å². The Morgan fingerprint density at radius 1 is 0.592 bits per heavy atom. The summed E-state index contributed by atoms with van der Waals surface area (Å²) in [5, 5.41) is 0. The number of hydrogen-bond donors (Lipinski definition) is 0. The van der Waals surface area contributed by atoms with Crippen molar-refractivity contribution in [2.24, 2.45) is 16.2 Å². The highest BCUT2D eigenvalue weighted by molar-refractivity contribution is 5.96. The van der Waals surface area contributed by atoms with Gasteiger partial charge in [0.05, 0.1) is 0 Å². The number of rotatable bonds is 13. The van der Waals surface area contributed by atoms with Crippen molar-refractivity contribution < 1.29 is 23.9 Å². The van der Waals surface area contributed by atoms with Crippen LogP contribution in [0, 0.1) is 16.2 Å². The lowest BCUT2D eigenvalue weighted by atomic mass is 9.66. The van der Waals surface area contributed by atoms with E-state index >= 15 is 0 Å². The van der Waals surface area contributed by atoms with Gasteiger partial charge in [-0.1, -0.05) is 141 Å². The molecule has 0 spiro atoms. The van der Waals surface area contributed by atoms with Crippen molar-refractivity contribution in [2.75, 3.05) is 0 Å². The monoisotopic (exact) mass is 668 g/mol. The van der Waals surface area contributed by atoms with Crippen LogP contribution in [0.3, 0.4) is 0 Å². The first-order valence-corrected chi connectivity index (χ1v) is 17.4. The number of allylic oxidation sites excluding steroid dienone is 19. The van der Waals surface area contributed by atoms with Crippen LogP contribution in [-0.2, 0) is 23.9 Å². The van der Waals surface area contributed by atoms with E-state index in [1.165, 1.54) is 25.0 Å². The summed E-state index contributed by atoms with van der Waals surface area (Å²) in [5.74, 6) is -0.446. The van der Waals surface area contributed by atoms with Crippen molar-refractivity contribution in [3.8, 4) is 0 Å². The van der Waals surface area contributed by atoms with E-state index in [0.717, 1.165) is 35.1 Å². The molecular formula is C44H60O5. The van der Waals surface area contributed by atoms with E-state index in [1.54, 1.807) is 6.08 Å². The van der Waals surface area contributed by atoms with Gasteiger partial charge in [0.2, 0.25) is 0 Å². The van der Waals surface area contributed by atoms with Gasteiger partial charge in [0.15, 0.2) is 5.78 Å². The second-order valence-electron chi connectivity index (χ2n) is 15.4. The van der Waals surface area contributed by atoms with Gasteiger partial charge in [0.1, 0.15) is 12.2 Å². The quantitative estimate of drug-likeness (QED) is 0.111.